The monoisotopic (exact) mass is 352 g/mol. The van der Waals surface area contributed by atoms with Gasteiger partial charge >= 0.3 is 0 Å². The molecule has 0 aliphatic heterocycles. The predicted octanol–water partition coefficient (Wildman–Crippen LogP) is 3.56. The van der Waals surface area contributed by atoms with E-state index in [1.807, 2.05) is 34.9 Å². The highest BCUT2D eigenvalue weighted by molar-refractivity contribution is 6.31. The van der Waals surface area contributed by atoms with Gasteiger partial charge in [-0.2, -0.15) is 5.26 Å². The van der Waals surface area contributed by atoms with Crippen molar-refractivity contribution in [1.29, 1.82) is 5.26 Å². The fraction of sp³-hybridized carbons (Fsp3) is 0.316. The molecular formula is C19H17ClN4O. The third kappa shape index (κ3) is 2.41. The zero-order valence-electron chi connectivity index (χ0n) is 14.0. The Morgan fingerprint density at radius 2 is 2.04 bits per heavy atom. The topological polar surface area (TPSA) is 74.2 Å². The molecule has 5 nitrogen and oxygen atoms in total. The van der Waals surface area contributed by atoms with E-state index in [9.17, 15) is 10.4 Å². The number of hydrogen-bond donors (Lipinski definition) is 1. The molecule has 3 aromatic rings. The Morgan fingerprint density at radius 3 is 2.68 bits per heavy atom. The first-order chi connectivity index (χ1) is 11.9. The average molecular weight is 353 g/mol. The maximum absolute atomic E-state index is 10.4. The molecule has 25 heavy (non-hydrogen) atoms. The van der Waals surface area contributed by atoms with Gasteiger partial charge in [-0.25, -0.2) is 0 Å². The summed E-state index contributed by atoms with van der Waals surface area (Å²) in [7, 11) is 0. The summed E-state index contributed by atoms with van der Waals surface area (Å²) in [6, 6.07) is 11.5. The lowest BCUT2D eigenvalue weighted by Gasteiger charge is -2.19. The molecule has 0 radical (unpaired) electrons. The fourth-order valence-electron chi connectivity index (χ4n) is 3.39. The van der Waals surface area contributed by atoms with E-state index in [0.717, 1.165) is 29.8 Å². The van der Waals surface area contributed by atoms with Crippen LogP contribution in [0, 0.1) is 11.3 Å². The molecule has 2 heterocycles. The Kier molecular flexibility index (Phi) is 3.40. The summed E-state index contributed by atoms with van der Waals surface area (Å²) in [5, 5.41) is 28.9. The van der Waals surface area contributed by atoms with Crippen LogP contribution in [0.25, 0.3) is 5.65 Å². The number of nitriles is 1. The summed E-state index contributed by atoms with van der Waals surface area (Å²) in [5.74, 6) is 0.833. The van der Waals surface area contributed by atoms with E-state index in [4.69, 9.17) is 11.6 Å². The SMILES string of the molecule is CC(C)(O)c1cccn2c(C3(c4ccc(Cl)c(C#N)c4)CC3)nnc12. The van der Waals surface area contributed by atoms with Gasteiger partial charge in [0.2, 0.25) is 0 Å². The molecule has 1 fully saturated rings. The van der Waals surface area contributed by atoms with Crippen LogP contribution < -0.4 is 0 Å². The van der Waals surface area contributed by atoms with Crippen LogP contribution in [-0.4, -0.2) is 19.7 Å². The number of aromatic nitrogens is 3. The summed E-state index contributed by atoms with van der Waals surface area (Å²) in [5.41, 5.74) is 1.63. The molecule has 0 amide bonds. The van der Waals surface area contributed by atoms with Crippen LogP contribution in [-0.2, 0) is 11.0 Å². The van der Waals surface area contributed by atoms with Gasteiger partial charge < -0.3 is 5.11 Å². The van der Waals surface area contributed by atoms with Gasteiger partial charge in [0.05, 0.1) is 21.6 Å². The average Bonchev–Trinajstić information content (AvgIpc) is 3.26. The first kappa shape index (κ1) is 16.1. The van der Waals surface area contributed by atoms with Crippen LogP contribution in [0.15, 0.2) is 36.5 Å². The minimum atomic E-state index is -1.00. The summed E-state index contributed by atoms with van der Waals surface area (Å²) in [6.45, 7) is 3.48. The summed E-state index contributed by atoms with van der Waals surface area (Å²) >= 11 is 6.07. The smallest absolute Gasteiger partial charge is 0.166 e. The molecule has 0 unspecified atom stereocenters. The highest BCUT2D eigenvalue weighted by Gasteiger charge is 2.50. The van der Waals surface area contributed by atoms with Crippen LogP contribution in [0.3, 0.4) is 0 Å². The number of benzene rings is 1. The molecule has 6 heteroatoms. The normalized spacial score (nSPS) is 16.0. The third-order valence-electron chi connectivity index (χ3n) is 4.91. The number of fused-ring (bicyclic) bond motifs is 1. The number of pyridine rings is 1. The number of hydrogen-bond acceptors (Lipinski definition) is 4. The second-order valence-corrected chi connectivity index (χ2v) is 7.49. The molecule has 1 aliphatic carbocycles. The standard InChI is InChI=1S/C19H17ClN4O/c1-18(2,25)14-4-3-9-24-16(14)22-23-17(24)19(7-8-19)13-5-6-15(20)12(10-13)11-21/h3-6,9-10,25H,7-8H2,1-2H3. The highest BCUT2D eigenvalue weighted by atomic mass is 35.5. The second kappa shape index (κ2) is 5.29. The van der Waals surface area contributed by atoms with Gasteiger partial charge in [-0.15, -0.1) is 10.2 Å². The van der Waals surface area contributed by atoms with E-state index < -0.39 is 5.60 Å². The molecule has 0 atom stereocenters. The van der Waals surface area contributed by atoms with E-state index in [1.54, 1.807) is 19.9 Å². The van der Waals surface area contributed by atoms with Crippen LogP contribution in [0.2, 0.25) is 5.02 Å². The van der Waals surface area contributed by atoms with Crippen molar-refractivity contribution >= 4 is 17.2 Å². The molecule has 2 aromatic heterocycles. The van der Waals surface area contributed by atoms with E-state index in [2.05, 4.69) is 16.3 Å². The molecule has 1 saturated carbocycles. The molecule has 126 valence electrons. The molecule has 1 aliphatic rings. The van der Waals surface area contributed by atoms with Crippen molar-refractivity contribution in [1.82, 2.24) is 14.6 Å². The molecule has 1 aromatic carbocycles. The first-order valence-corrected chi connectivity index (χ1v) is 8.52. The van der Waals surface area contributed by atoms with Gasteiger partial charge in [-0.1, -0.05) is 23.7 Å². The molecule has 1 N–H and O–H groups in total. The van der Waals surface area contributed by atoms with Crippen molar-refractivity contribution in [3.8, 4) is 6.07 Å². The number of aliphatic hydroxyl groups is 1. The van der Waals surface area contributed by atoms with Crippen molar-refractivity contribution in [3.05, 3.63) is 64.1 Å². The summed E-state index contributed by atoms with van der Waals surface area (Å²) < 4.78 is 1.95. The number of nitrogens with zero attached hydrogens (tertiary/aromatic N) is 4. The number of rotatable bonds is 3. The first-order valence-electron chi connectivity index (χ1n) is 8.14. The van der Waals surface area contributed by atoms with Crippen LogP contribution >= 0.6 is 11.6 Å². The van der Waals surface area contributed by atoms with Crippen LogP contribution in [0.4, 0.5) is 0 Å². The Morgan fingerprint density at radius 1 is 1.28 bits per heavy atom. The Labute approximate surface area is 150 Å². The quantitative estimate of drug-likeness (QED) is 0.782. The van der Waals surface area contributed by atoms with Crippen molar-refractivity contribution in [2.24, 2.45) is 0 Å². The van der Waals surface area contributed by atoms with E-state index in [-0.39, 0.29) is 5.41 Å². The summed E-state index contributed by atoms with van der Waals surface area (Å²) in [6.07, 6.45) is 3.79. The largest absolute Gasteiger partial charge is 0.386 e. The Hall–Kier alpha value is -2.42. The highest BCUT2D eigenvalue weighted by Crippen LogP contribution is 2.53. The lowest BCUT2D eigenvalue weighted by Crippen LogP contribution is -2.18. The molecule has 4 rings (SSSR count). The van der Waals surface area contributed by atoms with Crippen LogP contribution in [0.1, 0.15) is 49.2 Å². The van der Waals surface area contributed by atoms with Gasteiger partial charge in [-0.3, -0.25) is 4.40 Å². The van der Waals surface area contributed by atoms with Gasteiger partial charge in [0.1, 0.15) is 11.9 Å². The van der Waals surface area contributed by atoms with Gasteiger partial charge in [0.25, 0.3) is 0 Å². The summed E-state index contributed by atoms with van der Waals surface area (Å²) in [4.78, 5) is 0. The van der Waals surface area contributed by atoms with Crippen molar-refractivity contribution in [2.75, 3.05) is 0 Å². The Bertz CT molecular complexity index is 1020. The lowest BCUT2D eigenvalue weighted by molar-refractivity contribution is 0.0796. The predicted molar refractivity (Wildman–Crippen MR) is 94.4 cm³/mol. The number of halogens is 1. The maximum atomic E-state index is 10.4. The fourth-order valence-corrected chi connectivity index (χ4v) is 3.55. The zero-order valence-corrected chi connectivity index (χ0v) is 14.7. The van der Waals surface area contributed by atoms with Gasteiger partial charge in [0.15, 0.2) is 5.65 Å². The molecule has 0 saturated heterocycles. The Balaban J connectivity index is 1.90. The van der Waals surface area contributed by atoms with E-state index in [1.165, 1.54) is 0 Å². The van der Waals surface area contributed by atoms with Crippen LogP contribution in [0.5, 0.6) is 0 Å². The van der Waals surface area contributed by atoms with Crippen molar-refractivity contribution in [3.63, 3.8) is 0 Å². The van der Waals surface area contributed by atoms with Gasteiger partial charge in [-0.05, 0) is 50.5 Å². The van der Waals surface area contributed by atoms with Gasteiger partial charge in [0, 0.05) is 11.8 Å². The molecular weight excluding hydrogens is 336 g/mol. The maximum Gasteiger partial charge on any atom is 0.166 e. The van der Waals surface area contributed by atoms with E-state index >= 15 is 0 Å². The minimum Gasteiger partial charge on any atom is -0.386 e. The molecule has 0 spiro atoms. The lowest BCUT2D eigenvalue weighted by atomic mass is 9.93. The second-order valence-electron chi connectivity index (χ2n) is 7.09. The third-order valence-corrected chi connectivity index (χ3v) is 5.24. The van der Waals surface area contributed by atoms with Crippen molar-refractivity contribution in [2.45, 2.75) is 37.7 Å². The minimum absolute atomic E-state index is 0.256. The molecule has 0 bridgehead atoms. The van der Waals surface area contributed by atoms with Crippen molar-refractivity contribution < 1.29 is 5.11 Å². The zero-order chi connectivity index (χ0) is 17.8. The van der Waals surface area contributed by atoms with E-state index in [0.29, 0.717) is 16.2 Å².